The first-order valence-corrected chi connectivity index (χ1v) is 26.0. The molecule has 7 atom stereocenters. The number of nitrogens with zero attached hydrogens (tertiary/aromatic N) is 6. The van der Waals surface area contributed by atoms with Crippen LogP contribution in [0.2, 0.25) is 0 Å². The molecule has 3 aromatic rings. The van der Waals surface area contributed by atoms with Gasteiger partial charge in [-0.1, -0.05) is 32.0 Å². The van der Waals surface area contributed by atoms with Gasteiger partial charge in [-0.25, -0.2) is 9.41 Å². The number of ether oxygens (including phenoxy) is 4. The fourth-order valence-electron chi connectivity index (χ4n) is 11.5. The van der Waals surface area contributed by atoms with Crippen molar-refractivity contribution in [1.29, 1.82) is 10.5 Å². The Morgan fingerprint density at radius 3 is 1.51 bits per heavy atom. The van der Waals surface area contributed by atoms with Crippen LogP contribution in [0.5, 0.6) is 11.5 Å². The zero-order chi connectivity index (χ0) is 50.5. The van der Waals surface area contributed by atoms with Gasteiger partial charge >= 0.3 is 7.82 Å². The third-order valence-corrected chi connectivity index (χ3v) is 16.2. The molecule has 5 aliphatic heterocycles. The van der Waals surface area contributed by atoms with Crippen LogP contribution < -0.4 is 9.47 Å². The molecule has 18 heteroatoms. The molecule has 1 aliphatic carbocycles. The summed E-state index contributed by atoms with van der Waals surface area (Å²) in [6.07, 6.45) is 1.11. The number of phosphoric acid groups is 1. The monoisotopic (exact) mass is 988 g/mol. The largest absolute Gasteiger partial charge is 0.485 e. The SMILES string of the molecule is [C-]#[N+]c1ccc2c(c1)C(N1CCCC1=O)[C@@H](OP(=O)(OCCO[C@@H]1[C@H](N3CCCC3=O)c3cc(C#N)ccc3OC1(C)C)OCCO[C@H]1[C@H](N3CCCC3=O)c3cc(C#N)ccc3OC1(C)C)C(C)(C)C2. The Morgan fingerprint density at radius 1 is 0.648 bits per heavy atom. The lowest BCUT2D eigenvalue weighted by Gasteiger charge is -2.48. The van der Waals surface area contributed by atoms with Gasteiger partial charge in [-0.05, 0) is 106 Å². The number of likely N-dealkylation sites (tertiary alicyclic amines) is 3. The average Bonchev–Trinajstić information content (AvgIpc) is 4.09. The molecule has 0 spiro atoms. The Hall–Kier alpha value is -5.83. The second-order valence-corrected chi connectivity index (χ2v) is 22.6. The first kappa shape index (κ1) is 50.1. The van der Waals surface area contributed by atoms with E-state index < -0.39 is 60.9 Å². The lowest BCUT2D eigenvalue weighted by Crippen LogP contribution is -2.55. The Kier molecular flexibility index (Phi) is 13.9. The van der Waals surface area contributed by atoms with Gasteiger partial charge in [0.05, 0.1) is 80.5 Å². The van der Waals surface area contributed by atoms with Crippen LogP contribution in [0.1, 0.15) is 132 Å². The fraction of sp³-hybridized carbons (Fsp3) is 0.547. The summed E-state index contributed by atoms with van der Waals surface area (Å²) in [5.74, 6) is 0.934. The molecular weight excluding hydrogens is 928 g/mol. The summed E-state index contributed by atoms with van der Waals surface area (Å²) in [4.78, 5) is 49.4. The number of amides is 3. The van der Waals surface area contributed by atoms with E-state index >= 15 is 4.57 Å². The molecule has 71 heavy (non-hydrogen) atoms. The van der Waals surface area contributed by atoms with Gasteiger partial charge in [0.1, 0.15) is 34.9 Å². The van der Waals surface area contributed by atoms with Crippen molar-refractivity contribution in [3.8, 4) is 23.6 Å². The maximum atomic E-state index is 15.6. The quantitative estimate of drug-likeness (QED) is 0.0799. The van der Waals surface area contributed by atoms with Crippen LogP contribution >= 0.6 is 7.82 Å². The van der Waals surface area contributed by atoms with Gasteiger partial charge in [0, 0.05) is 50.0 Å². The van der Waals surface area contributed by atoms with Gasteiger partial charge in [-0.2, -0.15) is 10.5 Å². The molecule has 0 N–H and O–H groups in total. The highest BCUT2D eigenvalue weighted by Gasteiger charge is 2.53. The van der Waals surface area contributed by atoms with Crippen LogP contribution in [-0.4, -0.2) is 108 Å². The number of fused-ring (bicyclic) bond motifs is 3. The molecule has 0 radical (unpaired) electrons. The van der Waals surface area contributed by atoms with E-state index in [2.05, 4.69) is 17.0 Å². The van der Waals surface area contributed by atoms with E-state index in [0.29, 0.717) is 104 Å². The number of benzene rings is 3. The minimum absolute atomic E-state index is 0.0386. The molecule has 3 fully saturated rings. The summed E-state index contributed by atoms with van der Waals surface area (Å²) < 4.78 is 61.1. The second kappa shape index (κ2) is 19.6. The van der Waals surface area contributed by atoms with E-state index in [9.17, 15) is 24.9 Å². The van der Waals surface area contributed by atoms with Crippen LogP contribution in [0.4, 0.5) is 5.69 Å². The lowest BCUT2D eigenvalue weighted by atomic mass is 9.69. The predicted molar refractivity (Wildman–Crippen MR) is 257 cm³/mol. The molecule has 2 unspecified atom stereocenters. The average molecular weight is 989 g/mol. The van der Waals surface area contributed by atoms with Crippen molar-refractivity contribution in [3.05, 3.63) is 99.4 Å². The van der Waals surface area contributed by atoms with E-state index in [1.54, 1.807) is 63.2 Å². The van der Waals surface area contributed by atoms with Crippen molar-refractivity contribution in [3.63, 3.8) is 0 Å². The first-order valence-electron chi connectivity index (χ1n) is 24.5. The molecule has 17 nitrogen and oxygen atoms in total. The highest BCUT2D eigenvalue weighted by molar-refractivity contribution is 7.48. The van der Waals surface area contributed by atoms with Gasteiger partial charge in [0.15, 0.2) is 5.69 Å². The zero-order valence-corrected chi connectivity index (χ0v) is 42.1. The van der Waals surface area contributed by atoms with Gasteiger partial charge in [0.2, 0.25) is 17.7 Å². The molecule has 0 bridgehead atoms. The van der Waals surface area contributed by atoms with Crippen LogP contribution in [0.3, 0.4) is 0 Å². The first-order chi connectivity index (χ1) is 33.9. The molecule has 3 amide bonds. The number of carbonyl (C=O) groups excluding carboxylic acids is 3. The van der Waals surface area contributed by atoms with Crippen molar-refractivity contribution in [2.75, 3.05) is 46.1 Å². The van der Waals surface area contributed by atoms with E-state index in [-0.39, 0.29) is 44.1 Å². The highest BCUT2D eigenvalue weighted by Crippen LogP contribution is 2.58. The number of rotatable bonds is 15. The second-order valence-electron chi connectivity index (χ2n) is 20.9. The normalized spacial score (nSPS) is 26.8. The molecule has 5 heterocycles. The van der Waals surface area contributed by atoms with E-state index in [1.807, 2.05) is 47.6 Å². The third-order valence-electron chi connectivity index (χ3n) is 14.7. The van der Waals surface area contributed by atoms with Crippen molar-refractivity contribution in [2.45, 2.75) is 134 Å². The van der Waals surface area contributed by atoms with Gasteiger partial charge in [-0.3, -0.25) is 28.0 Å². The minimum Gasteiger partial charge on any atom is -0.485 e. The number of nitriles is 2. The number of hydrogen-bond acceptors (Lipinski definition) is 13. The summed E-state index contributed by atoms with van der Waals surface area (Å²) >= 11 is 0. The van der Waals surface area contributed by atoms with Crippen LogP contribution in [0.25, 0.3) is 4.85 Å². The Morgan fingerprint density at radius 2 is 1.10 bits per heavy atom. The van der Waals surface area contributed by atoms with Gasteiger partial charge in [0.25, 0.3) is 0 Å². The van der Waals surface area contributed by atoms with E-state index in [0.717, 1.165) is 11.1 Å². The van der Waals surface area contributed by atoms with E-state index in [4.69, 9.17) is 39.1 Å². The van der Waals surface area contributed by atoms with Gasteiger partial charge < -0.3 is 33.6 Å². The summed E-state index contributed by atoms with van der Waals surface area (Å²) in [5.41, 5.74) is 1.55. The number of phosphoric ester groups is 1. The fourth-order valence-corrected chi connectivity index (χ4v) is 12.9. The molecule has 6 aliphatic rings. The van der Waals surface area contributed by atoms with E-state index in [1.165, 1.54) is 0 Å². The number of carbonyl (C=O) groups is 3. The smallest absolute Gasteiger partial charge is 0.475 e. The van der Waals surface area contributed by atoms with Crippen LogP contribution in [0, 0.1) is 34.6 Å². The third kappa shape index (κ3) is 9.79. The molecule has 374 valence electrons. The van der Waals surface area contributed by atoms with Crippen molar-refractivity contribution in [2.24, 2.45) is 5.41 Å². The minimum atomic E-state index is -4.64. The maximum absolute atomic E-state index is 15.6. The Balaban J connectivity index is 1.00. The van der Waals surface area contributed by atoms with Crippen molar-refractivity contribution < 1.29 is 51.5 Å². The molecule has 0 saturated carbocycles. The van der Waals surface area contributed by atoms with Crippen LogP contribution in [-0.2, 0) is 48.4 Å². The Labute approximate surface area is 415 Å². The van der Waals surface area contributed by atoms with Crippen molar-refractivity contribution in [1.82, 2.24) is 14.7 Å². The van der Waals surface area contributed by atoms with Crippen molar-refractivity contribution >= 4 is 31.2 Å². The molecule has 0 aromatic heterocycles. The predicted octanol–water partition coefficient (Wildman–Crippen LogP) is 8.59. The number of hydrogen-bond donors (Lipinski definition) is 0. The molecular formula is C53H61N6O11P. The standard InChI is InChI=1S/C53H61N6O11P/c1-51(2)30-35-16-17-36(56-7)29-37(35)45(57-20-8-11-42(57)60)48(51)70-71(63,66-25-23-64-49-46(58-21-9-12-43(58)61)38-27-33(31-54)14-18-40(38)68-52(49,3)4)67-26-24-65-50-47(59-22-10-13-44(59)62)39-28-34(32-55)15-19-41(39)69-53(50,5)6/h14-19,27-29,45-50H,8-13,20-26,30H2,1-6H3/t45?,46-,47-,48-,49-,50+,71?/m1/s1. The summed E-state index contributed by atoms with van der Waals surface area (Å²) in [5, 5.41) is 19.6. The molecule has 3 aromatic carbocycles. The highest BCUT2D eigenvalue weighted by atomic mass is 31.2. The maximum Gasteiger partial charge on any atom is 0.475 e. The lowest BCUT2D eigenvalue weighted by molar-refractivity contribution is -0.151. The summed E-state index contributed by atoms with van der Waals surface area (Å²) in [6.45, 7) is 19.8. The van der Waals surface area contributed by atoms with Crippen LogP contribution in [0.15, 0.2) is 54.6 Å². The molecule has 9 rings (SSSR count). The molecule has 3 saturated heterocycles. The van der Waals surface area contributed by atoms with Gasteiger partial charge in [-0.15, -0.1) is 0 Å². The summed E-state index contributed by atoms with van der Waals surface area (Å²) in [6, 6.07) is 18.2. The topological polar surface area (TPSA) is 195 Å². The Bertz CT molecular complexity index is 2650. The summed E-state index contributed by atoms with van der Waals surface area (Å²) in [7, 11) is -4.64. The zero-order valence-electron chi connectivity index (χ0n) is 41.2.